The maximum atomic E-state index is 13.5. The third kappa shape index (κ3) is 15.6. The molecule has 0 fully saturated rings. The molecule has 0 bridgehead atoms. The van der Waals surface area contributed by atoms with Crippen LogP contribution in [0.1, 0.15) is 44.7 Å². The summed E-state index contributed by atoms with van der Waals surface area (Å²) in [6.45, 7) is 8.93. The monoisotopic (exact) mass is 768 g/mol. The largest absolute Gasteiger partial charge is 0.508 e. The van der Waals surface area contributed by atoms with Gasteiger partial charge in [0, 0.05) is 31.7 Å². The van der Waals surface area contributed by atoms with Crippen LogP contribution in [0.3, 0.4) is 0 Å². The molecule has 0 spiro atoms. The topological polar surface area (TPSA) is 202 Å². The van der Waals surface area contributed by atoms with Gasteiger partial charge in [-0.25, -0.2) is 9.59 Å². The fourth-order valence-corrected chi connectivity index (χ4v) is 5.90. The summed E-state index contributed by atoms with van der Waals surface area (Å²) < 4.78 is 17.4. The first kappa shape index (κ1) is 43.5. The van der Waals surface area contributed by atoms with E-state index in [4.69, 9.17) is 14.2 Å². The van der Waals surface area contributed by atoms with Gasteiger partial charge >= 0.3 is 12.1 Å². The number of ether oxygens (including phenoxy) is 3. The second kappa shape index (κ2) is 21.7. The number of hydrogen-bond acceptors (Lipinski definition) is 10. The van der Waals surface area contributed by atoms with Crippen molar-refractivity contribution in [2.75, 3.05) is 25.2 Å². The Bertz CT molecular complexity index is 1580. The van der Waals surface area contributed by atoms with E-state index in [1.54, 1.807) is 45.1 Å². The van der Waals surface area contributed by atoms with Crippen molar-refractivity contribution in [2.45, 2.75) is 82.6 Å². The van der Waals surface area contributed by atoms with E-state index in [2.05, 4.69) is 27.8 Å². The lowest BCUT2D eigenvalue weighted by atomic mass is 9.99. The summed E-state index contributed by atoms with van der Waals surface area (Å²) >= 11 is 1.46. The van der Waals surface area contributed by atoms with E-state index in [1.807, 2.05) is 36.6 Å². The lowest BCUT2D eigenvalue weighted by Crippen LogP contribution is -2.53. The van der Waals surface area contributed by atoms with Crippen LogP contribution in [0.2, 0.25) is 0 Å². The highest BCUT2D eigenvalue weighted by Gasteiger charge is 2.33. The Morgan fingerprint density at radius 2 is 1.56 bits per heavy atom. The lowest BCUT2D eigenvalue weighted by Gasteiger charge is -2.32. The van der Waals surface area contributed by atoms with E-state index >= 15 is 0 Å². The minimum absolute atomic E-state index is 0.00484. The van der Waals surface area contributed by atoms with Gasteiger partial charge in [-0.1, -0.05) is 60.7 Å². The fraction of sp³-hybridized carbons (Fsp3) is 0.462. The minimum Gasteiger partial charge on any atom is -0.508 e. The van der Waals surface area contributed by atoms with E-state index in [0.29, 0.717) is 11.3 Å². The molecule has 4 amide bonds. The molecule has 0 saturated carbocycles. The van der Waals surface area contributed by atoms with Crippen LogP contribution in [0.4, 0.5) is 4.79 Å². The van der Waals surface area contributed by atoms with Gasteiger partial charge in [-0.05, 0) is 62.5 Å². The molecular formula is C39H52N4O10S. The quantitative estimate of drug-likeness (QED) is 0.108. The Morgan fingerprint density at radius 3 is 2.17 bits per heavy atom. The number of hydrogen-bond donors (Lipinski definition) is 6. The molecule has 294 valence electrons. The summed E-state index contributed by atoms with van der Waals surface area (Å²) in [7, 11) is 0. The van der Waals surface area contributed by atoms with E-state index < -0.39 is 71.8 Å². The Hall–Kier alpha value is -4.86. The number of nitrogens with one attached hydrogen (secondary N) is 4. The number of carbonyl (C=O) groups is 5. The molecule has 1 heterocycles. The zero-order valence-electron chi connectivity index (χ0n) is 31.1. The average Bonchev–Trinajstić information content (AvgIpc) is 3.11. The summed E-state index contributed by atoms with van der Waals surface area (Å²) in [6.07, 6.45) is 4.82. The zero-order chi connectivity index (χ0) is 39.7. The number of thioether (sulfide) groups is 1. The van der Waals surface area contributed by atoms with Crippen LogP contribution < -0.4 is 21.3 Å². The van der Waals surface area contributed by atoms with Gasteiger partial charge in [-0.3, -0.25) is 14.4 Å². The molecular weight excluding hydrogens is 717 g/mol. The van der Waals surface area contributed by atoms with Crippen molar-refractivity contribution in [2.24, 2.45) is 5.92 Å². The molecule has 3 rings (SSSR count). The minimum atomic E-state index is -1.16. The molecule has 1 aliphatic rings. The summed E-state index contributed by atoms with van der Waals surface area (Å²) in [5, 5.41) is 30.1. The summed E-state index contributed by atoms with van der Waals surface area (Å²) in [4.78, 5) is 64.7. The van der Waals surface area contributed by atoms with Gasteiger partial charge < -0.3 is 45.7 Å². The van der Waals surface area contributed by atoms with Crippen molar-refractivity contribution < 1.29 is 48.4 Å². The molecule has 1 aliphatic heterocycles. The first-order chi connectivity index (χ1) is 25.7. The molecule has 0 saturated heterocycles. The number of carboxylic acids is 1. The molecule has 0 radical (unpaired) electrons. The van der Waals surface area contributed by atoms with Crippen LogP contribution in [0, 0.1) is 5.92 Å². The van der Waals surface area contributed by atoms with Crippen molar-refractivity contribution >= 4 is 41.5 Å². The van der Waals surface area contributed by atoms with Crippen LogP contribution in [0.25, 0.3) is 0 Å². The van der Waals surface area contributed by atoms with Gasteiger partial charge in [0.25, 0.3) is 0 Å². The Morgan fingerprint density at radius 1 is 0.907 bits per heavy atom. The van der Waals surface area contributed by atoms with Crippen LogP contribution in [-0.4, -0.2) is 101 Å². The number of phenolic OH excluding ortho intramolecular Hbond substituents is 1. The van der Waals surface area contributed by atoms with Crippen LogP contribution in [-0.2, 0) is 46.2 Å². The molecule has 6 N–H and O–H groups in total. The van der Waals surface area contributed by atoms with Crippen molar-refractivity contribution in [3.05, 3.63) is 90.5 Å². The van der Waals surface area contributed by atoms with E-state index in [0.717, 1.165) is 5.56 Å². The van der Waals surface area contributed by atoms with Crippen molar-refractivity contribution in [3.8, 4) is 5.75 Å². The lowest BCUT2D eigenvalue weighted by molar-refractivity contribution is -0.182. The molecule has 0 aromatic heterocycles. The van der Waals surface area contributed by atoms with Gasteiger partial charge in [0.2, 0.25) is 17.7 Å². The predicted octanol–water partition coefficient (Wildman–Crippen LogP) is 3.48. The number of alkyl carbamates (subject to hydrolysis) is 1. The van der Waals surface area contributed by atoms with Crippen molar-refractivity contribution in [1.82, 2.24) is 21.3 Å². The van der Waals surface area contributed by atoms with Gasteiger partial charge in [0.15, 0.2) is 6.29 Å². The fourth-order valence-electron chi connectivity index (χ4n) is 5.43. The summed E-state index contributed by atoms with van der Waals surface area (Å²) in [5.74, 6) is -2.75. The van der Waals surface area contributed by atoms with Crippen molar-refractivity contribution in [3.63, 3.8) is 0 Å². The SMILES string of the molecule is C=CCO[C@H]1O[C@H](CNC(=O)[C@@H](Cc2ccc(O)cc2)NC(=O)OC(C)(C)C)C=C[C@@H]1CC(=O)N[C@@H](Cc1ccccc1)C(=O)N[C@@H](CCSC)C(=O)O. The second-order valence-corrected chi connectivity index (χ2v) is 14.7. The molecule has 2 aromatic rings. The predicted molar refractivity (Wildman–Crippen MR) is 205 cm³/mol. The van der Waals surface area contributed by atoms with Gasteiger partial charge in [-0.2, -0.15) is 11.8 Å². The number of benzene rings is 2. The third-order valence-corrected chi connectivity index (χ3v) is 8.70. The highest BCUT2D eigenvalue weighted by molar-refractivity contribution is 7.98. The van der Waals surface area contributed by atoms with Crippen LogP contribution >= 0.6 is 11.8 Å². The van der Waals surface area contributed by atoms with E-state index in [1.165, 1.54) is 30.0 Å². The zero-order valence-corrected chi connectivity index (χ0v) is 31.9. The number of phenols is 1. The van der Waals surface area contributed by atoms with Gasteiger partial charge in [-0.15, -0.1) is 6.58 Å². The average molecular weight is 769 g/mol. The van der Waals surface area contributed by atoms with Gasteiger partial charge in [0.05, 0.1) is 12.7 Å². The van der Waals surface area contributed by atoms with E-state index in [-0.39, 0.29) is 44.6 Å². The Kier molecular flexibility index (Phi) is 17.5. The Balaban J connectivity index is 1.70. The maximum absolute atomic E-state index is 13.5. The molecule has 0 unspecified atom stereocenters. The Labute approximate surface area is 320 Å². The third-order valence-electron chi connectivity index (χ3n) is 8.05. The summed E-state index contributed by atoms with van der Waals surface area (Å²) in [5.41, 5.74) is 0.681. The number of amides is 4. The number of rotatable bonds is 20. The smallest absolute Gasteiger partial charge is 0.408 e. The molecule has 0 aliphatic carbocycles. The van der Waals surface area contributed by atoms with E-state index in [9.17, 15) is 34.2 Å². The molecule has 6 atom stereocenters. The highest BCUT2D eigenvalue weighted by atomic mass is 32.2. The van der Waals surface area contributed by atoms with Crippen LogP contribution in [0.5, 0.6) is 5.75 Å². The molecule has 54 heavy (non-hydrogen) atoms. The van der Waals surface area contributed by atoms with Gasteiger partial charge in [0.1, 0.15) is 29.5 Å². The summed E-state index contributed by atoms with van der Waals surface area (Å²) in [6, 6.07) is 12.2. The first-order valence-electron chi connectivity index (χ1n) is 17.6. The molecule has 2 aromatic carbocycles. The normalized spacial score (nSPS) is 18.3. The number of aliphatic carboxylic acids is 1. The highest BCUT2D eigenvalue weighted by Crippen LogP contribution is 2.24. The maximum Gasteiger partial charge on any atom is 0.408 e. The van der Waals surface area contributed by atoms with Crippen molar-refractivity contribution in [1.29, 1.82) is 0 Å². The standard InChI is InChI=1S/C39H52N4O10S/c1-6-19-51-37-27(23-33(45)41-32(21-25-10-8-7-9-11-25)35(47)42-30(36(48)49)18-20-54-5)14-17-29(52-37)24-40-34(46)31(43-38(50)53-39(2,3)4)22-26-12-15-28(44)16-13-26/h6-17,27,29-32,37,44H,1,18-24H2,2-5H3,(H,40,46)(H,41,45)(H,42,47)(H,43,50)(H,48,49)/t27-,29+,30+,31-,32+,37+/m1/s1. The number of aromatic hydroxyl groups is 1. The number of carbonyl (C=O) groups excluding carboxylic acids is 4. The first-order valence-corrected chi connectivity index (χ1v) is 19.0. The van der Waals surface area contributed by atoms with Crippen LogP contribution in [0.15, 0.2) is 79.4 Å². The molecule has 15 heteroatoms. The second-order valence-electron chi connectivity index (χ2n) is 13.7. The number of carboxylic acid groups (broad SMARTS) is 1. The molecule has 14 nitrogen and oxygen atoms in total.